The number of thiophene rings is 1. The molecule has 6 heteroatoms. The van der Waals surface area contributed by atoms with E-state index in [4.69, 9.17) is 5.41 Å². The lowest BCUT2D eigenvalue weighted by Crippen LogP contribution is -2.43. The van der Waals surface area contributed by atoms with Crippen molar-refractivity contribution in [1.29, 1.82) is 5.41 Å². The summed E-state index contributed by atoms with van der Waals surface area (Å²) < 4.78 is 0. The second-order valence-electron chi connectivity index (χ2n) is 5.51. The summed E-state index contributed by atoms with van der Waals surface area (Å²) in [4.78, 5) is 11.8. The topological polar surface area (TPSA) is 85.2 Å². The largest absolute Gasteiger partial charge is 0.508 e. The van der Waals surface area contributed by atoms with Crippen molar-refractivity contribution in [3.63, 3.8) is 0 Å². The fraction of sp³-hybridized carbons (Fsp3) is 0.294. The Morgan fingerprint density at radius 3 is 2.65 bits per heavy atom. The van der Waals surface area contributed by atoms with Crippen molar-refractivity contribution >= 4 is 23.1 Å². The van der Waals surface area contributed by atoms with Crippen LogP contribution in [0.2, 0.25) is 0 Å². The highest BCUT2D eigenvalue weighted by atomic mass is 32.1. The molecule has 1 atom stereocenters. The van der Waals surface area contributed by atoms with Crippen LogP contribution in [0.3, 0.4) is 0 Å². The molecule has 0 fully saturated rings. The van der Waals surface area contributed by atoms with E-state index in [1.54, 1.807) is 35.6 Å². The van der Waals surface area contributed by atoms with Gasteiger partial charge in [-0.25, -0.2) is 4.79 Å². The van der Waals surface area contributed by atoms with Gasteiger partial charge in [0.1, 0.15) is 5.75 Å². The summed E-state index contributed by atoms with van der Waals surface area (Å²) in [5, 5.41) is 26.8. The molecule has 122 valence electrons. The Hall–Kier alpha value is -2.34. The zero-order valence-corrected chi connectivity index (χ0v) is 13.8. The first kappa shape index (κ1) is 17.0. The number of hydrogen-bond acceptors (Lipinski definition) is 4. The highest BCUT2D eigenvalue weighted by molar-refractivity contribution is 7.07. The smallest absolute Gasteiger partial charge is 0.315 e. The van der Waals surface area contributed by atoms with Crippen molar-refractivity contribution in [2.45, 2.75) is 25.8 Å². The zero-order valence-electron chi connectivity index (χ0n) is 13.0. The average molecular weight is 331 g/mol. The maximum atomic E-state index is 11.8. The van der Waals surface area contributed by atoms with E-state index in [2.05, 4.69) is 16.0 Å². The molecule has 5 nitrogen and oxygen atoms in total. The van der Waals surface area contributed by atoms with E-state index in [0.29, 0.717) is 12.1 Å². The van der Waals surface area contributed by atoms with E-state index in [0.717, 1.165) is 12.0 Å². The molecule has 0 saturated carbocycles. The van der Waals surface area contributed by atoms with Crippen LogP contribution in [-0.2, 0) is 12.8 Å². The van der Waals surface area contributed by atoms with Gasteiger partial charge in [0.15, 0.2) is 0 Å². The lowest BCUT2D eigenvalue weighted by Gasteiger charge is -2.14. The summed E-state index contributed by atoms with van der Waals surface area (Å²) in [6, 6.07) is 8.55. The van der Waals surface area contributed by atoms with Gasteiger partial charge in [0.05, 0.1) is 6.54 Å². The first-order valence-corrected chi connectivity index (χ1v) is 8.37. The molecule has 1 aromatic heterocycles. The van der Waals surface area contributed by atoms with Gasteiger partial charge < -0.3 is 21.1 Å². The quantitative estimate of drug-likeness (QED) is 0.588. The summed E-state index contributed by atoms with van der Waals surface area (Å²) in [6.07, 6.45) is 1.24. The number of aromatic hydroxyl groups is 1. The standard InChI is InChI=1S/C17H21N3O2S/c1-12(8-14-6-7-23-11-14)20-17(22)19-10-15(18)9-13-2-4-16(21)5-3-13/h2-7,11-12,18,21H,8-10H2,1H3,(H2,19,20,22)/t12-/m0/s1. The van der Waals surface area contributed by atoms with Gasteiger partial charge in [0.2, 0.25) is 0 Å². The van der Waals surface area contributed by atoms with Gasteiger partial charge in [-0.3, -0.25) is 0 Å². The van der Waals surface area contributed by atoms with Crippen LogP contribution in [0.25, 0.3) is 0 Å². The molecule has 0 unspecified atom stereocenters. The molecule has 1 heterocycles. The SMILES string of the molecule is C[C@@H](Cc1ccsc1)NC(=O)NCC(=N)Cc1ccc(O)cc1. The lowest BCUT2D eigenvalue weighted by atomic mass is 10.1. The van der Waals surface area contributed by atoms with Gasteiger partial charge in [0.25, 0.3) is 0 Å². The van der Waals surface area contributed by atoms with Crippen molar-refractivity contribution in [2.75, 3.05) is 6.54 Å². The molecule has 0 aliphatic rings. The molecule has 23 heavy (non-hydrogen) atoms. The normalized spacial score (nSPS) is 11.7. The third kappa shape index (κ3) is 6.12. The molecule has 2 amide bonds. The fourth-order valence-electron chi connectivity index (χ4n) is 2.20. The minimum Gasteiger partial charge on any atom is -0.508 e. The van der Waals surface area contributed by atoms with Gasteiger partial charge in [0, 0.05) is 18.2 Å². The Bertz CT molecular complexity index is 638. The fourth-order valence-corrected chi connectivity index (χ4v) is 2.88. The Balaban J connectivity index is 1.69. The molecule has 2 aromatic rings. The molecular weight excluding hydrogens is 310 g/mol. The van der Waals surface area contributed by atoms with E-state index in [1.807, 2.05) is 18.4 Å². The molecule has 4 N–H and O–H groups in total. The molecule has 0 spiro atoms. The molecule has 2 rings (SSSR count). The summed E-state index contributed by atoms with van der Waals surface area (Å²) in [5.41, 5.74) is 2.56. The number of carbonyl (C=O) groups excluding carboxylic acids is 1. The number of benzene rings is 1. The van der Waals surface area contributed by atoms with Crippen molar-refractivity contribution in [1.82, 2.24) is 10.6 Å². The summed E-state index contributed by atoms with van der Waals surface area (Å²) in [7, 11) is 0. The van der Waals surface area contributed by atoms with Crippen LogP contribution in [0.5, 0.6) is 5.75 Å². The second kappa shape index (κ2) is 8.33. The van der Waals surface area contributed by atoms with Crippen molar-refractivity contribution in [3.8, 4) is 5.75 Å². The van der Waals surface area contributed by atoms with Gasteiger partial charge in [-0.15, -0.1) is 0 Å². The van der Waals surface area contributed by atoms with Crippen molar-refractivity contribution in [3.05, 3.63) is 52.2 Å². The van der Waals surface area contributed by atoms with Crippen LogP contribution in [0.1, 0.15) is 18.1 Å². The summed E-state index contributed by atoms with van der Waals surface area (Å²) >= 11 is 1.64. The number of urea groups is 1. The number of rotatable bonds is 7. The minimum atomic E-state index is -0.261. The van der Waals surface area contributed by atoms with Gasteiger partial charge in [-0.05, 0) is 53.4 Å². The Labute approximate surface area is 139 Å². The van der Waals surface area contributed by atoms with E-state index in [1.165, 1.54) is 5.56 Å². The first-order chi connectivity index (χ1) is 11.0. The molecule has 0 aliphatic heterocycles. The molecule has 0 bridgehead atoms. The molecular formula is C17H21N3O2S. The number of hydrogen-bond donors (Lipinski definition) is 4. The molecule has 0 saturated heterocycles. The maximum Gasteiger partial charge on any atom is 0.315 e. The lowest BCUT2D eigenvalue weighted by molar-refractivity contribution is 0.239. The van der Waals surface area contributed by atoms with Gasteiger partial charge in [-0.1, -0.05) is 12.1 Å². The van der Waals surface area contributed by atoms with Crippen LogP contribution in [-0.4, -0.2) is 29.4 Å². The number of phenols is 1. The number of amides is 2. The van der Waals surface area contributed by atoms with Crippen LogP contribution in [0, 0.1) is 5.41 Å². The van der Waals surface area contributed by atoms with Crippen molar-refractivity contribution < 1.29 is 9.90 Å². The van der Waals surface area contributed by atoms with Crippen LogP contribution < -0.4 is 10.6 Å². The molecule has 0 aliphatic carbocycles. The van der Waals surface area contributed by atoms with E-state index in [9.17, 15) is 9.90 Å². The Morgan fingerprint density at radius 1 is 1.26 bits per heavy atom. The number of carbonyl (C=O) groups is 1. The van der Waals surface area contributed by atoms with Gasteiger partial charge in [-0.2, -0.15) is 11.3 Å². The monoisotopic (exact) mass is 331 g/mol. The Morgan fingerprint density at radius 2 is 2.00 bits per heavy atom. The predicted molar refractivity (Wildman–Crippen MR) is 93.6 cm³/mol. The summed E-state index contributed by atoms with van der Waals surface area (Å²) in [5.74, 6) is 0.206. The first-order valence-electron chi connectivity index (χ1n) is 7.42. The highest BCUT2D eigenvalue weighted by Crippen LogP contribution is 2.10. The number of nitrogens with one attached hydrogen (secondary N) is 3. The van der Waals surface area contributed by atoms with Crippen LogP contribution >= 0.6 is 11.3 Å². The third-order valence-electron chi connectivity index (χ3n) is 3.32. The maximum absolute atomic E-state index is 11.8. The summed E-state index contributed by atoms with van der Waals surface area (Å²) in [6.45, 7) is 2.16. The second-order valence-corrected chi connectivity index (χ2v) is 6.29. The predicted octanol–water partition coefficient (Wildman–Crippen LogP) is 2.95. The van der Waals surface area contributed by atoms with Gasteiger partial charge >= 0.3 is 6.03 Å². The molecule has 0 radical (unpaired) electrons. The number of phenolic OH excluding ortho intramolecular Hbond substituents is 1. The highest BCUT2D eigenvalue weighted by Gasteiger charge is 2.09. The molecule has 1 aromatic carbocycles. The third-order valence-corrected chi connectivity index (χ3v) is 4.05. The van der Waals surface area contributed by atoms with E-state index >= 15 is 0 Å². The minimum absolute atomic E-state index is 0.0379. The van der Waals surface area contributed by atoms with Crippen LogP contribution in [0.4, 0.5) is 4.79 Å². The average Bonchev–Trinajstić information content (AvgIpc) is 3.00. The van der Waals surface area contributed by atoms with Crippen LogP contribution in [0.15, 0.2) is 41.1 Å². The Kier molecular flexibility index (Phi) is 6.17. The van der Waals surface area contributed by atoms with E-state index in [-0.39, 0.29) is 24.4 Å². The zero-order chi connectivity index (χ0) is 16.7. The van der Waals surface area contributed by atoms with E-state index < -0.39 is 0 Å². The van der Waals surface area contributed by atoms with Crippen molar-refractivity contribution in [2.24, 2.45) is 0 Å².